The molecule has 0 radical (unpaired) electrons. The Kier molecular flexibility index (Phi) is 3.17. The maximum Gasteiger partial charge on any atom is 0.140 e. The molecule has 0 bridgehead atoms. The van der Waals surface area contributed by atoms with Crippen LogP contribution in [0.15, 0.2) is 41.3 Å². The highest BCUT2D eigenvalue weighted by molar-refractivity contribution is 7.98. The number of rotatable bonds is 3. The van der Waals surface area contributed by atoms with E-state index in [-0.39, 0.29) is 0 Å². The van der Waals surface area contributed by atoms with Crippen LogP contribution in [-0.4, -0.2) is 12.9 Å². The molecule has 2 heteroatoms. The summed E-state index contributed by atoms with van der Waals surface area (Å²) < 4.78 is 5.72. The monoisotopic (exact) mass is 218 g/mol. The minimum Gasteiger partial charge on any atom is -0.492 e. The van der Waals surface area contributed by atoms with E-state index in [4.69, 9.17) is 4.74 Å². The van der Waals surface area contributed by atoms with Crippen LogP contribution in [0.25, 0.3) is 10.8 Å². The Balaban J connectivity index is 2.67. The minimum absolute atomic E-state index is 0.710. The quantitative estimate of drug-likeness (QED) is 0.721. The summed E-state index contributed by atoms with van der Waals surface area (Å²) in [4.78, 5) is 1.20. The highest BCUT2D eigenvalue weighted by atomic mass is 32.2. The van der Waals surface area contributed by atoms with Crippen molar-refractivity contribution in [3.63, 3.8) is 0 Å². The van der Waals surface area contributed by atoms with Crippen molar-refractivity contribution in [3.05, 3.63) is 36.4 Å². The van der Waals surface area contributed by atoms with E-state index in [1.165, 1.54) is 15.7 Å². The third-order valence-electron chi connectivity index (χ3n) is 2.35. The molecular formula is C13H14OS. The molecule has 0 aliphatic rings. The van der Waals surface area contributed by atoms with E-state index in [0.29, 0.717) is 6.61 Å². The third-order valence-corrected chi connectivity index (χ3v) is 3.11. The van der Waals surface area contributed by atoms with Crippen LogP contribution in [0.2, 0.25) is 0 Å². The van der Waals surface area contributed by atoms with Gasteiger partial charge in [-0.05, 0) is 24.6 Å². The van der Waals surface area contributed by atoms with Crippen LogP contribution in [0.4, 0.5) is 0 Å². The van der Waals surface area contributed by atoms with Crippen LogP contribution in [0.5, 0.6) is 5.75 Å². The van der Waals surface area contributed by atoms with Gasteiger partial charge in [-0.2, -0.15) is 0 Å². The summed E-state index contributed by atoms with van der Waals surface area (Å²) >= 11 is 1.73. The molecule has 1 nitrogen and oxygen atoms in total. The van der Waals surface area contributed by atoms with Crippen molar-refractivity contribution in [1.29, 1.82) is 0 Å². The summed E-state index contributed by atoms with van der Waals surface area (Å²) in [6.07, 6.45) is 2.08. The molecule has 0 N–H and O–H groups in total. The Labute approximate surface area is 94.4 Å². The lowest BCUT2D eigenvalue weighted by Crippen LogP contribution is -1.94. The van der Waals surface area contributed by atoms with Crippen LogP contribution in [0.1, 0.15) is 6.92 Å². The van der Waals surface area contributed by atoms with E-state index < -0.39 is 0 Å². The molecule has 78 valence electrons. The lowest BCUT2D eigenvalue weighted by Gasteiger charge is -2.11. The van der Waals surface area contributed by atoms with Crippen LogP contribution in [-0.2, 0) is 0 Å². The van der Waals surface area contributed by atoms with E-state index in [9.17, 15) is 0 Å². The predicted molar refractivity (Wildman–Crippen MR) is 66.9 cm³/mol. The van der Waals surface area contributed by atoms with E-state index in [1.54, 1.807) is 11.8 Å². The summed E-state index contributed by atoms with van der Waals surface area (Å²) in [6.45, 7) is 2.73. The lowest BCUT2D eigenvalue weighted by molar-refractivity contribution is 0.336. The largest absolute Gasteiger partial charge is 0.492 e. The standard InChI is InChI=1S/C13H14OS/c1-3-14-13-11-7-5-4-6-10(11)8-9-12(13)15-2/h4-9H,3H2,1-2H3. The second-order valence-corrected chi connectivity index (χ2v) is 4.10. The molecule has 2 rings (SSSR count). The summed E-state index contributed by atoms with van der Waals surface area (Å²) in [6, 6.07) is 12.6. The Morgan fingerprint density at radius 1 is 1.13 bits per heavy atom. The highest BCUT2D eigenvalue weighted by Gasteiger charge is 2.06. The Bertz CT molecular complexity index is 465. The summed E-state index contributed by atoms with van der Waals surface area (Å²) in [7, 11) is 0. The highest BCUT2D eigenvalue weighted by Crippen LogP contribution is 2.35. The van der Waals surface area contributed by atoms with E-state index >= 15 is 0 Å². The molecule has 15 heavy (non-hydrogen) atoms. The summed E-state index contributed by atoms with van der Waals surface area (Å²) in [5, 5.41) is 2.44. The molecule has 2 aromatic rings. The molecule has 0 heterocycles. The van der Waals surface area contributed by atoms with Gasteiger partial charge in [-0.3, -0.25) is 0 Å². The molecule has 2 aromatic carbocycles. The zero-order valence-corrected chi connectivity index (χ0v) is 9.80. The molecule has 0 aromatic heterocycles. The topological polar surface area (TPSA) is 9.23 Å². The van der Waals surface area contributed by atoms with Gasteiger partial charge in [0.2, 0.25) is 0 Å². The van der Waals surface area contributed by atoms with Crippen LogP contribution < -0.4 is 4.74 Å². The first-order valence-electron chi connectivity index (χ1n) is 5.05. The Morgan fingerprint density at radius 2 is 1.93 bits per heavy atom. The van der Waals surface area contributed by atoms with Gasteiger partial charge in [0.1, 0.15) is 5.75 Å². The fraction of sp³-hybridized carbons (Fsp3) is 0.231. The van der Waals surface area contributed by atoms with Crippen molar-refractivity contribution in [2.45, 2.75) is 11.8 Å². The molecule has 0 aliphatic carbocycles. The number of thioether (sulfide) groups is 1. The third kappa shape index (κ3) is 1.95. The van der Waals surface area contributed by atoms with Gasteiger partial charge < -0.3 is 4.74 Å². The van der Waals surface area contributed by atoms with Crippen molar-refractivity contribution in [2.75, 3.05) is 12.9 Å². The lowest BCUT2D eigenvalue weighted by atomic mass is 10.1. The van der Waals surface area contributed by atoms with Crippen molar-refractivity contribution in [2.24, 2.45) is 0 Å². The molecule has 0 unspecified atom stereocenters. The van der Waals surface area contributed by atoms with E-state index in [0.717, 1.165) is 5.75 Å². The summed E-state index contributed by atoms with van der Waals surface area (Å²) in [5.74, 6) is 1.02. The molecule has 0 fully saturated rings. The minimum atomic E-state index is 0.710. The Hall–Kier alpha value is -1.15. The average Bonchev–Trinajstić information content (AvgIpc) is 2.30. The molecule has 0 saturated carbocycles. The van der Waals surface area contributed by atoms with Crippen molar-refractivity contribution >= 4 is 22.5 Å². The van der Waals surface area contributed by atoms with Gasteiger partial charge in [-0.15, -0.1) is 11.8 Å². The van der Waals surface area contributed by atoms with Crippen molar-refractivity contribution in [1.82, 2.24) is 0 Å². The van der Waals surface area contributed by atoms with Gasteiger partial charge in [0, 0.05) is 10.3 Å². The first kappa shape index (κ1) is 10.4. The summed E-state index contributed by atoms with van der Waals surface area (Å²) in [5.41, 5.74) is 0. The van der Waals surface area contributed by atoms with Gasteiger partial charge in [-0.25, -0.2) is 0 Å². The smallest absolute Gasteiger partial charge is 0.140 e. The second-order valence-electron chi connectivity index (χ2n) is 3.25. The predicted octanol–water partition coefficient (Wildman–Crippen LogP) is 3.96. The maximum atomic E-state index is 5.72. The fourth-order valence-corrected chi connectivity index (χ4v) is 2.24. The van der Waals surface area contributed by atoms with Gasteiger partial charge in [0.05, 0.1) is 6.61 Å². The molecule has 0 aliphatic heterocycles. The van der Waals surface area contributed by atoms with Gasteiger partial charge in [0.25, 0.3) is 0 Å². The maximum absolute atomic E-state index is 5.72. The van der Waals surface area contributed by atoms with Crippen molar-refractivity contribution < 1.29 is 4.74 Å². The van der Waals surface area contributed by atoms with Crippen LogP contribution in [0, 0.1) is 0 Å². The SMILES string of the molecule is CCOc1c(SC)ccc2ccccc12. The number of benzene rings is 2. The number of fused-ring (bicyclic) bond motifs is 1. The Morgan fingerprint density at radius 3 is 2.67 bits per heavy atom. The zero-order chi connectivity index (χ0) is 10.7. The average molecular weight is 218 g/mol. The molecule has 0 atom stereocenters. The fourth-order valence-electron chi connectivity index (χ4n) is 1.68. The number of hydrogen-bond donors (Lipinski definition) is 0. The van der Waals surface area contributed by atoms with Gasteiger partial charge in [0.15, 0.2) is 0 Å². The first-order chi connectivity index (χ1) is 7.36. The molecule has 0 amide bonds. The molecule has 0 spiro atoms. The first-order valence-corrected chi connectivity index (χ1v) is 6.28. The van der Waals surface area contributed by atoms with Crippen LogP contribution >= 0.6 is 11.8 Å². The zero-order valence-electron chi connectivity index (χ0n) is 8.99. The number of hydrogen-bond acceptors (Lipinski definition) is 2. The van der Waals surface area contributed by atoms with E-state index in [1.807, 2.05) is 6.92 Å². The second kappa shape index (κ2) is 4.58. The normalized spacial score (nSPS) is 10.5. The van der Waals surface area contributed by atoms with Gasteiger partial charge >= 0.3 is 0 Å². The molecular weight excluding hydrogens is 204 g/mol. The molecule has 0 saturated heterocycles. The van der Waals surface area contributed by atoms with Gasteiger partial charge in [-0.1, -0.05) is 30.3 Å². The van der Waals surface area contributed by atoms with Crippen LogP contribution in [0.3, 0.4) is 0 Å². The number of ether oxygens (including phenoxy) is 1. The van der Waals surface area contributed by atoms with Crippen molar-refractivity contribution in [3.8, 4) is 5.75 Å². The van der Waals surface area contributed by atoms with E-state index in [2.05, 4.69) is 42.7 Å².